The highest BCUT2D eigenvalue weighted by Crippen LogP contribution is 2.27. The third-order valence-electron chi connectivity index (χ3n) is 5.53. The fourth-order valence-electron chi connectivity index (χ4n) is 2.96. The van der Waals surface area contributed by atoms with E-state index in [1.165, 1.54) is 5.56 Å². The second-order valence-electron chi connectivity index (χ2n) is 7.94. The average Bonchev–Trinajstić information content (AvgIpc) is 2.54. The van der Waals surface area contributed by atoms with Gasteiger partial charge in [0, 0.05) is 6.54 Å². The summed E-state index contributed by atoms with van der Waals surface area (Å²) in [5, 5.41) is 19.2. The summed E-state index contributed by atoms with van der Waals surface area (Å²) in [5.41, 5.74) is 1.05. The van der Waals surface area contributed by atoms with Gasteiger partial charge < -0.3 is 19.8 Å². The van der Waals surface area contributed by atoms with Crippen LogP contribution in [0.15, 0.2) is 24.3 Å². The molecule has 1 fully saturated rings. The van der Waals surface area contributed by atoms with Gasteiger partial charge in [-0.05, 0) is 65.1 Å². The molecule has 1 aliphatic heterocycles. The van der Waals surface area contributed by atoms with Gasteiger partial charge in [0.05, 0.1) is 17.8 Å². The molecular formula is C19H32BNO3. The lowest BCUT2D eigenvalue weighted by molar-refractivity contribution is -0.0893. The van der Waals surface area contributed by atoms with E-state index in [2.05, 4.69) is 29.2 Å². The monoisotopic (exact) mass is 333 g/mol. The molecule has 1 heterocycles. The molecule has 0 amide bonds. The van der Waals surface area contributed by atoms with E-state index in [1.807, 2.05) is 13.8 Å². The first-order valence-corrected chi connectivity index (χ1v) is 9.01. The molecule has 4 nitrogen and oxygen atoms in total. The van der Waals surface area contributed by atoms with E-state index in [-0.39, 0.29) is 6.61 Å². The van der Waals surface area contributed by atoms with Crippen LogP contribution < -0.4 is 5.46 Å². The second-order valence-corrected chi connectivity index (χ2v) is 7.94. The van der Waals surface area contributed by atoms with Crippen molar-refractivity contribution in [3.05, 3.63) is 29.8 Å². The molecule has 0 bridgehead atoms. The maximum absolute atomic E-state index is 10.2. The Bertz CT molecular complexity index is 502. The zero-order chi connectivity index (χ0) is 17.8. The maximum atomic E-state index is 10.2. The molecule has 0 saturated carbocycles. The van der Waals surface area contributed by atoms with Crippen LogP contribution in [0.5, 0.6) is 0 Å². The highest BCUT2D eigenvalue weighted by molar-refractivity contribution is 6.47. The number of likely N-dealkylation sites (tertiary alicyclic amines) is 1. The van der Waals surface area contributed by atoms with Crippen LogP contribution in [0.25, 0.3) is 0 Å². The van der Waals surface area contributed by atoms with E-state index in [0.29, 0.717) is 13.4 Å². The van der Waals surface area contributed by atoms with Crippen LogP contribution in [0.2, 0.25) is 0 Å². The van der Waals surface area contributed by atoms with Gasteiger partial charge in [-0.1, -0.05) is 29.7 Å². The van der Waals surface area contributed by atoms with Crippen molar-refractivity contribution in [3.63, 3.8) is 0 Å². The molecule has 0 aliphatic carbocycles. The minimum atomic E-state index is -0.879. The first kappa shape index (κ1) is 19.4. The summed E-state index contributed by atoms with van der Waals surface area (Å²) in [7, 11) is 0.506. The Morgan fingerprint density at radius 1 is 1.12 bits per heavy atom. The molecule has 0 radical (unpaired) electrons. The Labute approximate surface area is 147 Å². The molecule has 5 heteroatoms. The van der Waals surface area contributed by atoms with E-state index in [1.54, 1.807) is 13.8 Å². The van der Waals surface area contributed by atoms with Crippen LogP contribution in [-0.4, -0.2) is 60.0 Å². The van der Waals surface area contributed by atoms with Crippen LogP contribution in [0.4, 0.5) is 0 Å². The van der Waals surface area contributed by atoms with E-state index in [9.17, 15) is 5.11 Å². The van der Waals surface area contributed by atoms with Crippen molar-refractivity contribution >= 4 is 12.9 Å². The predicted octanol–water partition coefficient (Wildman–Crippen LogP) is 1.40. The fourth-order valence-corrected chi connectivity index (χ4v) is 2.96. The Morgan fingerprint density at radius 3 is 2.21 bits per heavy atom. The number of β-amino-alcohol motifs (C(OH)–C–C–N with tert-alkyl or cyclic N) is 1. The highest BCUT2D eigenvalue weighted by Gasteiger charge is 2.35. The molecule has 24 heavy (non-hydrogen) atoms. The molecule has 0 atom stereocenters. The molecule has 2 rings (SSSR count). The second kappa shape index (κ2) is 8.00. The topological polar surface area (TPSA) is 52.9 Å². The molecule has 1 aromatic carbocycles. The molecule has 0 unspecified atom stereocenters. The molecule has 0 aromatic heterocycles. The Hall–Kier alpha value is -0.875. The SMILES string of the molecule is CC(C)(O)C(C)(C)OBc1ccc(C2CCN(CCO)CC2)cc1. The van der Waals surface area contributed by atoms with Gasteiger partial charge in [0.15, 0.2) is 0 Å². The van der Waals surface area contributed by atoms with E-state index in [4.69, 9.17) is 9.76 Å². The van der Waals surface area contributed by atoms with Crippen molar-refractivity contribution in [2.24, 2.45) is 0 Å². The number of benzene rings is 1. The lowest BCUT2D eigenvalue weighted by Gasteiger charge is -2.37. The number of hydrogen-bond acceptors (Lipinski definition) is 4. The van der Waals surface area contributed by atoms with Crippen LogP contribution in [0.3, 0.4) is 0 Å². The third kappa shape index (κ3) is 5.06. The van der Waals surface area contributed by atoms with E-state index in [0.717, 1.165) is 37.9 Å². The fraction of sp³-hybridized carbons (Fsp3) is 0.684. The van der Waals surface area contributed by atoms with Gasteiger partial charge in [-0.2, -0.15) is 0 Å². The first-order valence-electron chi connectivity index (χ1n) is 9.01. The summed E-state index contributed by atoms with van der Waals surface area (Å²) in [5.74, 6) is 0.614. The summed E-state index contributed by atoms with van der Waals surface area (Å²) in [6, 6.07) is 8.69. The van der Waals surface area contributed by atoms with Crippen LogP contribution >= 0.6 is 0 Å². The minimum Gasteiger partial charge on any atom is -0.427 e. The quantitative estimate of drug-likeness (QED) is 0.741. The van der Waals surface area contributed by atoms with Gasteiger partial charge in [-0.3, -0.25) is 0 Å². The van der Waals surface area contributed by atoms with Crippen molar-refractivity contribution in [2.75, 3.05) is 26.2 Å². The lowest BCUT2D eigenvalue weighted by atomic mass is 9.81. The summed E-state index contributed by atoms with van der Waals surface area (Å²) in [6.07, 6.45) is 2.31. The number of nitrogens with zero attached hydrogens (tertiary/aromatic N) is 1. The molecule has 0 spiro atoms. The number of aliphatic hydroxyl groups excluding tert-OH is 1. The summed E-state index contributed by atoms with van der Waals surface area (Å²) < 4.78 is 5.93. The van der Waals surface area contributed by atoms with Crippen LogP contribution in [-0.2, 0) is 4.65 Å². The molecule has 1 aliphatic rings. The van der Waals surface area contributed by atoms with Gasteiger partial charge in [0.1, 0.15) is 0 Å². The largest absolute Gasteiger partial charge is 0.427 e. The van der Waals surface area contributed by atoms with Gasteiger partial charge in [0.25, 0.3) is 0 Å². The van der Waals surface area contributed by atoms with Crippen molar-refractivity contribution in [1.29, 1.82) is 0 Å². The number of hydrogen-bond donors (Lipinski definition) is 2. The van der Waals surface area contributed by atoms with Crippen molar-refractivity contribution in [3.8, 4) is 0 Å². The number of piperidine rings is 1. The normalized spacial score (nSPS) is 17.9. The first-order chi connectivity index (χ1) is 11.2. The third-order valence-corrected chi connectivity index (χ3v) is 5.53. The maximum Gasteiger partial charge on any atom is 0.309 e. The molecule has 2 N–H and O–H groups in total. The van der Waals surface area contributed by atoms with Gasteiger partial charge in [-0.15, -0.1) is 0 Å². The van der Waals surface area contributed by atoms with Crippen molar-refractivity contribution < 1.29 is 14.9 Å². The van der Waals surface area contributed by atoms with E-state index >= 15 is 0 Å². The average molecular weight is 333 g/mol. The Kier molecular flexibility index (Phi) is 6.49. The molecule has 134 valence electrons. The van der Waals surface area contributed by atoms with Crippen molar-refractivity contribution in [1.82, 2.24) is 4.90 Å². The van der Waals surface area contributed by atoms with Crippen LogP contribution in [0.1, 0.15) is 52.0 Å². The summed E-state index contributed by atoms with van der Waals surface area (Å²) >= 11 is 0. The summed E-state index contributed by atoms with van der Waals surface area (Å²) in [6.45, 7) is 10.6. The van der Waals surface area contributed by atoms with Gasteiger partial charge in [-0.25, -0.2) is 0 Å². The highest BCUT2D eigenvalue weighted by atomic mass is 16.5. The van der Waals surface area contributed by atoms with E-state index < -0.39 is 11.2 Å². The summed E-state index contributed by atoms with van der Waals surface area (Å²) in [4.78, 5) is 2.33. The van der Waals surface area contributed by atoms with Gasteiger partial charge >= 0.3 is 7.48 Å². The zero-order valence-electron chi connectivity index (χ0n) is 15.6. The van der Waals surface area contributed by atoms with Gasteiger partial charge in [0.2, 0.25) is 0 Å². The molecule has 1 aromatic rings. The number of rotatable bonds is 7. The van der Waals surface area contributed by atoms with Crippen LogP contribution in [0, 0.1) is 0 Å². The smallest absolute Gasteiger partial charge is 0.309 e. The minimum absolute atomic E-state index is 0.250. The Balaban J connectivity index is 1.87. The standard InChI is InChI=1S/C19H32BNO3/c1-18(2,23)19(3,4)24-20-17-7-5-15(6-8-17)16-9-11-21(12-10-16)13-14-22/h5-8,16,20,22-23H,9-14H2,1-4H3. The lowest BCUT2D eigenvalue weighted by Crippen LogP contribution is -2.49. The molecule has 1 saturated heterocycles. The Morgan fingerprint density at radius 2 is 1.71 bits per heavy atom. The number of aliphatic hydroxyl groups is 2. The predicted molar refractivity (Wildman–Crippen MR) is 100 cm³/mol. The zero-order valence-corrected chi connectivity index (χ0v) is 15.6. The molecular weight excluding hydrogens is 301 g/mol. The van der Waals surface area contributed by atoms with Crippen molar-refractivity contribution in [2.45, 2.75) is 57.7 Å².